The lowest BCUT2D eigenvalue weighted by Crippen LogP contribution is -2.62. The maximum Gasteiger partial charge on any atom is 0.305 e. The van der Waals surface area contributed by atoms with Crippen molar-refractivity contribution < 1.29 is 48.7 Å². The number of carbonyl (C=O) groups excluding carboxylic acids is 7. The summed E-state index contributed by atoms with van der Waals surface area (Å²) < 4.78 is 0. The number of primary amides is 2. The Morgan fingerprint density at radius 3 is 1.87 bits per heavy atom. The first-order chi connectivity index (χ1) is 25.7. The Morgan fingerprint density at radius 2 is 1.33 bits per heavy atom. The minimum absolute atomic E-state index is 0.0541. The second-order valence-electron chi connectivity index (χ2n) is 14.1. The fourth-order valence-corrected chi connectivity index (χ4v) is 5.68. The van der Waals surface area contributed by atoms with Crippen LogP contribution in [0.5, 0.6) is 0 Å². The highest BCUT2D eigenvalue weighted by Crippen LogP contribution is 2.21. The quantitative estimate of drug-likeness (QED) is 0.0519. The van der Waals surface area contributed by atoms with Gasteiger partial charge in [-0.15, -0.1) is 0 Å². The van der Waals surface area contributed by atoms with Gasteiger partial charge in [0.05, 0.1) is 18.9 Å². The summed E-state index contributed by atoms with van der Waals surface area (Å²) in [4.78, 5) is 106. The topological polar surface area (TPSA) is 322 Å². The van der Waals surface area contributed by atoms with Gasteiger partial charge in [-0.1, -0.05) is 72.6 Å². The zero-order valence-electron chi connectivity index (χ0n) is 32.0. The molecule has 2 aromatic rings. The standard InChI is InChI=1S/C36H55N9O10/c1-7-18(5)28(38)33(51)44-30(19(6)8-2)35(53)42-24(13-20-16-40-22-12-10-9-11-21(20)22)36(54)45(55)25(15-26(37)46)32(50)43-29(17(3)4)34(52)41-23(31(39)49)14-27(47)48/h9-12,16-19,23-25,28-30,40,55H,7-8,13-15,38H2,1-6H3,(H2,37,46)(H2,39,49)(H,41,52)(H,42,53)(H,43,50)(H,44,51)(H,47,48)/t18-,19-,23-,24-,25-,28-,29-,30-/m0/s1. The molecule has 0 unspecified atom stereocenters. The normalized spacial score (nSPS) is 15.7. The van der Waals surface area contributed by atoms with Gasteiger partial charge in [-0.05, 0) is 29.4 Å². The van der Waals surface area contributed by atoms with Crippen molar-refractivity contribution in [1.82, 2.24) is 31.3 Å². The van der Waals surface area contributed by atoms with Crippen LogP contribution in [0.3, 0.4) is 0 Å². The molecule has 304 valence electrons. The number of amides is 7. The number of nitrogens with one attached hydrogen (secondary N) is 5. The summed E-state index contributed by atoms with van der Waals surface area (Å²) >= 11 is 0. The predicted molar refractivity (Wildman–Crippen MR) is 199 cm³/mol. The van der Waals surface area contributed by atoms with Gasteiger partial charge >= 0.3 is 5.97 Å². The Hall–Kier alpha value is -5.56. The van der Waals surface area contributed by atoms with Crippen molar-refractivity contribution in [2.45, 2.75) is 110 Å². The number of para-hydroxylation sites is 1. The number of nitrogens with zero attached hydrogens (tertiary/aromatic N) is 1. The third-order valence-corrected chi connectivity index (χ3v) is 9.57. The van der Waals surface area contributed by atoms with Crippen molar-refractivity contribution >= 4 is 58.2 Å². The van der Waals surface area contributed by atoms with E-state index in [0.29, 0.717) is 29.3 Å². The molecule has 13 N–H and O–H groups in total. The summed E-state index contributed by atoms with van der Waals surface area (Å²) in [5.74, 6) is -9.93. The van der Waals surface area contributed by atoms with Crippen LogP contribution in [-0.2, 0) is 44.8 Å². The number of hydroxylamine groups is 2. The molecule has 0 aliphatic carbocycles. The second kappa shape index (κ2) is 20.8. The van der Waals surface area contributed by atoms with E-state index < -0.39 is 108 Å². The van der Waals surface area contributed by atoms with Crippen LogP contribution in [0.2, 0.25) is 0 Å². The minimum Gasteiger partial charge on any atom is -0.481 e. The first-order valence-electron chi connectivity index (χ1n) is 18.1. The third-order valence-electron chi connectivity index (χ3n) is 9.57. The summed E-state index contributed by atoms with van der Waals surface area (Å²) in [7, 11) is 0. The van der Waals surface area contributed by atoms with Gasteiger partial charge in [0.1, 0.15) is 30.2 Å². The van der Waals surface area contributed by atoms with Gasteiger partial charge in [0.15, 0.2) is 0 Å². The Kier molecular flexibility index (Phi) is 17.2. The van der Waals surface area contributed by atoms with Crippen LogP contribution in [0.15, 0.2) is 30.5 Å². The van der Waals surface area contributed by atoms with E-state index in [1.807, 2.05) is 6.92 Å². The number of carboxylic acids is 1. The van der Waals surface area contributed by atoms with Crippen LogP contribution >= 0.6 is 0 Å². The van der Waals surface area contributed by atoms with Crippen LogP contribution in [0.1, 0.15) is 72.8 Å². The molecule has 0 saturated heterocycles. The van der Waals surface area contributed by atoms with E-state index in [9.17, 15) is 43.6 Å². The number of aromatic amines is 1. The Balaban J connectivity index is 2.52. The van der Waals surface area contributed by atoms with Gasteiger partial charge in [0.2, 0.25) is 35.4 Å². The molecule has 0 spiro atoms. The lowest BCUT2D eigenvalue weighted by molar-refractivity contribution is -0.183. The van der Waals surface area contributed by atoms with Gasteiger partial charge in [-0.2, -0.15) is 0 Å². The molecule has 19 nitrogen and oxygen atoms in total. The zero-order chi connectivity index (χ0) is 41.7. The molecular formula is C36H55N9O10. The van der Waals surface area contributed by atoms with Crippen LogP contribution in [0, 0.1) is 17.8 Å². The largest absolute Gasteiger partial charge is 0.481 e. The van der Waals surface area contributed by atoms with Crippen LogP contribution in [0.25, 0.3) is 10.9 Å². The van der Waals surface area contributed by atoms with Crippen molar-refractivity contribution in [3.05, 3.63) is 36.0 Å². The van der Waals surface area contributed by atoms with Crippen molar-refractivity contribution in [2.24, 2.45) is 35.0 Å². The molecule has 19 heteroatoms. The molecule has 0 radical (unpaired) electrons. The molecule has 0 fully saturated rings. The number of carboxylic acid groups (broad SMARTS) is 1. The summed E-state index contributed by atoms with van der Waals surface area (Å²) in [6.07, 6.45) is 0.616. The molecular weight excluding hydrogens is 718 g/mol. The van der Waals surface area contributed by atoms with Gasteiger partial charge in [0, 0.05) is 23.5 Å². The van der Waals surface area contributed by atoms with Gasteiger partial charge in [0.25, 0.3) is 5.91 Å². The third kappa shape index (κ3) is 12.8. The molecule has 2 rings (SSSR count). The van der Waals surface area contributed by atoms with Gasteiger partial charge < -0.3 is 48.6 Å². The van der Waals surface area contributed by atoms with E-state index in [1.165, 1.54) is 13.8 Å². The molecule has 0 bridgehead atoms. The van der Waals surface area contributed by atoms with Crippen molar-refractivity contribution in [3.63, 3.8) is 0 Å². The maximum atomic E-state index is 14.2. The number of H-pyrrole nitrogens is 1. The Labute approximate surface area is 318 Å². The number of fused-ring (bicyclic) bond motifs is 1. The molecule has 0 aliphatic rings. The smallest absolute Gasteiger partial charge is 0.305 e. The molecule has 0 saturated carbocycles. The molecule has 55 heavy (non-hydrogen) atoms. The fraction of sp³-hybridized carbons (Fsp3) is 0.556. The highest BCUT2D eigenvalue weighted by atomic mass is 16.5. The SMILES string of the molecule is CC[C@H](C)[C@H](N)C(=O)N[C@H](C(=O)N[C@@H](Cc1c[nH]c2ccccc12)C(=O)N(O)[C@@H](CC(N)=O)C(=O)N[C@H](C(=O)N[C@@H](CC(=O)O)C(N)=O)C(C)C)[C@@H](C)CC. The maximum absolute atomic E-state index is 14.2. The summed E-state index contributed by atoms with van der Waals surface area (Å²) in [5, 5.41) is 30.9. The number of hydrogen-bond donors (Lipinski definition) is 10. The number of carbonyl (C=O) groups is 8. The number of aromatic nitrogens is 1. The molecule has 8 atom stereocenters. The highest BCUT2D eigenvalue weighted by Gasteiger charge is 2.39. The van der Waals surface area contributed by atoms with Crippen molar-refractivity contribution in [2.75, 3.05) is 0 Å². The van der Waals surface area contributed by atoms with E-state index in [2.05, 4.69) is 26.3 Å². The molecule has 1 heterocycles. The first-order valence-corrected chi connectivity index (χ1v) is 18.1. The van der Waals surface area contributed by atoms with E-state index >= 15 is 0 Å². The van der Waals surface area contributed by atoms with Crippen LogP contribution < -0.4 is 38.5 Å². The van der Waals surface area contributed by atoms with E-state index in [1.54, 1.807) is 51.2 Å². The summed E-state index contributed by atoms with van der Waals surface area (Å²) in [6, 6.07) is -1.76. The van der Waals surface area contributed by atoms with Crippen LogP contribution in [0.4, 0.5) is 0 Å². The monoisotopic (exact) mass is 773 g/mol. The summed E-state index contributed by atoms with van der Waals surface area (Å²) in [5.41, 5.74) is 18.0. The average Bonchev–Trinajstić information content (AvgIpc) is 3.54. The predicted octanol–water partition coefficient (Wildman–Crippen LogP) is -0.853. The van der Waals surface area contributed by atoms with Crippen LogP contribution in [-0.4, -0.2) is 104 Å². The lowest BCUT2D eigenvalue weighted by Gasteiger charge is -2.32. The first kappa shape index (κ1) is 45.6. The number of hydrogen-bond acceptors (Lipinski definition) is 10. The fourth-order valence-electron chi connectivity index (χ4n) is 5.68. The Bertz CT molecular complexity index is 1710. The van der Waals surface area contributed by atoms with Gasteiger partial charge in [-0.25, -0.2) is 5.06 Å². The number of aliphatic carboxylic acids is 1. The molecule has 1 aromatic carbocycles. The van der Waals surface area contributed by atoms with Crippen molar-refractivity contribution in [3.8, 4) is 0 Å². The lowest BCUT2D eigenvalue weighted by atomic mass is 9.95. The highest BCUT2D eigenvalue weighted by molar-refractivity contribution is 5.98. The van der Waals surface area contributed by atoms with E-state index in [-0.39, 0.29) is 17.4 Å². The number of rotatable bonds is 22. The number of nitrogens with two attached hydrogens (primary N) is 3. The van der Waals surface area contributed by atoms with E-state index in [0.717, 1.165) is 0 Å². The second-order valence-corrected chi connectivity index (χ2v) is 14.1. The number of benzene rings is 1. The van der Waals surface area contributed by atoms with Crippen molar-refractivity contribution in [1.29, 1.82) is 0 Å². The van der Waals surface area contributed by atoms with E-state index in [4.69, 9.17) is 22.3 Å². The zero-order valence-corrected chi connectivity index (χ0v) is 32.0. The molecule has 7 amide bonds. The average molecular weight is 774 g/mol. The molecule has 1 aromatic heterocycles. The Morgan fingerprint density at radius 1 is 0.764 bits per heavy atom. The molecule has 0 aliphatic heterocycles. The van der Waals surface area contributed by atoms with Gasteiger partial charge in [-0.3, -0.25) is 43.6 Å². The minimum atomic E-state index is -2.04. The summed E-state index contributed by atoms with van der Waals surface area (Å²) in [6.45, 7) is 10.2.